The molecule has 5 nitrogen and oxygen atoms in total. The molecule has 0 radical (unpaired) electrons. The van der Waals surface area contributed by atoms with Gasteiger partial charge in [-0.25, -0.2) is 8.42 Å². The Morgan fingerprint density at radius 1 is 1.32 bits per heavy atom. The van der Waals surface area contributed by atoms with E-state index >= 15 is 0 Å². The maximum absolute atomic E-state index is 12.1. The summed E-state index contributed by atoms with van der Waals surface area (Å²) >= 11 is 0. The van der Waals surface area contributed by atoms with Crippen LogP contribution in [0.5, 0.6) is 0 Å². The second-order valence-electron chi connectivity index (χ2n) is 5.70. The Bertz CT molecular complexity index is 585. The summed E-state index contributed by atoms with van der Waals surface area (Å²) < 4.78 is 29.5. The molecule has 0 N–H and O–H groups in total. The number of nitrogens with zero attached hydrogens (tertiary/aromatic N) is 1. The molecule has 6 heteroatoms. The number of sulfone groups is 1. The largest absolute Gasteiger partial charge is 0.375 e. The van der Waals surface area contributed by atoms with Crippen LogP contribution in [0.4, 0.5) is 0 Å². The molecular formula is C16H23NO4S. The predicted molar refractivity (Wildman–Crippen MR) is 85.4 cm³/mol. The van der Waals surface area contributed by atoms with Gasteiger partial charge in [0.15, 0.2) is 9.84 Å². The van der Waals surface area contributed by atoms with Crippen LogP contribution in [0, 0.1) is 0 Å². The Labute approximate surface area is 132 Å². The first kappa shape index (κ1) is 17.0. The average molecular weight is 325 g/mol. The average Bonchev–Trinajstić information content (AvgIpc) is 2.47. The Hall–Kier alpha value is -1.40. The summed E-state index contributed by atoms with van der Waals surface area (Å²) in [6, 6.07) is 9.77. The highest BCUT2D eigenvalue weighted by Gasteiger charge is 2.25. The SMILES string of the molecule is CC1CN(C(=O)CS(=O)(=O)CCCc2ccccc2)CCO1. The first-order valence-corrected chi connectivity index (χ1v) is 9.42. The summed E-state index contributed by atoms with van der Waals surface area (Å²) in [4.78, 5) is 13.7. The fraction of sp³-hybridized carbons (Fsp3) is 0.562. The highest BCUT2D eigenvalue weighted by atomic mass is 32.2. The molecule has 1 aliphatic rings. The molecule has 1 aromatic rings. The highest BCUT2D eigenvalue weighted by Crippen LogP contribution is 2.08. The minimum atomic E-state index is -3.35. The van der Waals surface area contributed by atoms with E-state index < -0.39 is 15.6 Å². The zero-order valence-electron chi connectivity index (χ0n) is 12.9. The van der Waals surface area contributed by atoms with Crippen LogP contribution in [0.15, 0.2) is 30.3 Å². The molecule has 1 aliphatic heterocycles. The van der Waals surface area contributed by atoms with Crippen molar-refractivity contribution in [1.82, 2.24) is 4.90 Å². The minimum absolute atomic E-state index is 0.0292. The molecule has 1 unspecified atom stereocenters. The summed E-state index contributed by atoms with van der Waals surface area (Å²) in [6.45, 7) is 3.30. The number of aryl methyl sites for hydroxylation is 1. The fourth-order valence-electron chi connectivity index (χ4n) is 2.54. The van der Waals surface area contributed by atoms with Gasteiger partial charge in [-0.15, -0.1) is 0 Å². The topological polar surface area (TPSA) is 63.7 Å². The summed E-state index contributed by atoms with van der Waals surface area (Å²) in [7, 11) is -3.35. The van der Waals surface area contributed by atoms with Crippen LogP contribution in [0.3, 0.4) is 0 Å². The second kappa shape index (κ2) is 7.74. The van der Waals surface area contributed by atoms with E-state index in [0.717, 1.165) is 5.56 Å². The van der Waals surface area contributed by atoms with Crippen molar-refractivity contribution in [3.8, 4) is 0 Å². The molecule has 22 heavy (non-hydrogen) atoms. The lowest BCUT2D eigenvalue weighted by Crippen LogP contribution is -2.46. The smallest absolute Gasteiger partial charge is 0.237 e. The molecule has 2 rings (SSSR count). The summed E-state index contributed by atoms with van der Waals surface area (Å²) in [5.74, 6) is -0.656. The van der Waals surface area contributed by atoms with Crippen molar-refractivity contribution in [2.24, 2.45) is 0 Å². The summed E-state index contributed by atoms with van der Waals surface area (Å²) in [5, 5.41) is 0. The lowest BCUT2D eigenvalue weighted by Gasteiger charge is -2.31. The first-order chi connectivity index (χ1) is 10.5. The van der Waals surface area contributed by atoms with Crippen molar-refractivity contribution in [1.29, 1.82) is 0 Å². The Morgan fingerprint density at radius 3 is 2.73 bits per heavy atom. The first-order valence-electron chi connectivity index (χ1n) is 7.60. The molecule has 1 heterocycles. The lowest BCUT2D eigenvalue weighted by atomic mass is 10.1. The molecule has 1 amide bonds. The van der Waals surface area contributed by atoms with Gasteiger partial charge in [0.25, 0.3) is 0 Å². The lowest BCUT2D eigenvalue weighted by molar-refractivity contribution is -0.135. The van der Waals surface area contributed by atoms with E-state index in [4.69, 9.17) is 4.74 Å². The van der Waals surface area contributed by atoms with Gasteiger partial charge >= 0.3 is 0 Å². The van der Waals surface area contributed by atoms with Gasteiger partial charge in [0, 0.05) is 13.1 Å². The van der Waals surface area contributed by atoms with Gasteiger partial charge in [-0.1, -0.05) is 30.3 Å². The number of carbonyl (C=O) groups is 1. The van der Waals surface area contributed by atoms with E-state index in [1.165, 1.54) is 0 Å². The third-order valence-corrected chi connectivity index (χ3v) is 5.30. The predicted octanol–water partition coefficient (Wildman–Crippen LogP) is 1.28. The number of morpholine rings is 1. The number of ether oxygens (including phenoxy) is 1. The van der Waals surface area contributed by atoms with Gasteiger partial charge < -0.3 is 9.64 Å². The maximum atomic E-state index is 12.1. The van der Waals surface area contributed by atoms with E-state index in [-0.39, 0.29) is 17.8 Å². The van der Waals surface area contributed by atoms with Crippen LogP contribution in [-0.4, -0.2) is 56.5 Å². The number of carbonyl (C=O) groups excluding carboxylic acids is 1. The fourth-order valence-corrected chi connectivity index (χ4v) is 3.82. The van der Waals surface area contributed by atoms with Gasteiger partial charge in [0.2, 0.25) is 5.91 Å². The zero-order valence-corrected chi connectivity index (χ0v) is 13.7. The van der Waals surface area contributed by atoms with Crippen molar-refractivity contribution >= 4 is 15.7 Å². The number of hydrogen-bond acceptors (Lipinski definition) is 4. The Kier molecular flexibility index (Phi) is 5.97. The van der Waals surface area contributed by atoms with Gasteiger partial charge in [0.05, 0.1) is 18.5 Å². The normalized spacial score (nSPS) is 19.1. The molecule has 1 saturated heterocycles. The van der Waals surface area contributed by atoms with Crippen LogP contribution in [0.1, 0.15) is 18.9 Å². The van der Waals surface area contributed by atoms with Crippen LogP contribution >= 0.6 is 0 Å². The number of hydrogen-bond donors (Lipinski definition) is 0. The van der Waals surface area contributed by atoms with Crippen molar-refractivity contribution < 1.29 is 17.9 Å². The van der Waals surface area contributed by atoms with Gasteiger partial charge in [-0.05, 0) is 25.3 Å². The minimum Gasteiger partial charge on any atom is -0.375 e. The van der Waals surface area contributed by atoms with Crippen LogP contribution < -0.4 is 0 Å². The molecule has 1 fully saturated rings. The maximum Gasteiger partial charge on any atom is 0.237 e. The molecule has 0 bridgehead atoms. The third kappa shape index (κ3) is 5.42. The quantitative estimate of drug-likeness (QED) is 0.790. The van der Waals surface area contributed by atoms with Crippen molar-refractivity contribution in [2.75, 3.05) is 31.2 Å². The molecule has 0 saturated carbocycles. The van der Waals surface area contributed by atoms with Crippen LogP contribution in [-0.2, 0) is 25.8 Å². The van der Waals surface area contributed by atoms with E-state index in [2.05, 4.69) is 0 Å². The standard InChI is InChI=1S/C16H23NO4S/c1-14-12-17(9-10-21-14)16(18)13-22(19,20)11-5-8-15-6-3-2-4-7-15/h2-4,6-7,14H,5,8-13H2,1H3. The molecular weight excluding hydrogens is 302 g/mol. The number of amides is 1. The van der Waals surface area contributed by atoms with E-state index in [0.29, 0.717) is 32.5 Å². The molecule has 1 atom stereocenters. The highest BCUT2D eigenvalue weighted by molar-refractivity contribution is 7.92. The summed E-state index contributed by atoms with van der Waals surface area (Å²) in [5.41, 5.74) is 1.12. The molecule has 0 aromatic heterocycles. The van der Waals surface area contributed by atoms with E-state index in [1.54, 1.807) is 4.90 Å². The summed E-state index contributed by atoms with van der Waals surface area (Å²) in [6.07, 6.45) is 1.22. The van der Waals surface area contributed by atoms with Gasteiger partial charge in [0.1, 0.15) is 5.75 Å². The number of benzene rings is 1. The van der Waals surface area contributed by atoms with Crippen molar-refractivity contribution in [3.63, 3.8) is 0 Å². The van der Waals surface area contributed by atoms with Crippen LogP contribution in [0.25, 0.3) is 0 Å². The Balaban J connectivity index is 1.79. The third-order valence-electron chi connectivity index (χ3n) is 3.70. The molecule has 122 valence electrons. The van der Waals surface area contributed by atoms with Crippen molar-refractivity contribution in [2.45, 2.75) is 25.9 Å². The van der Waals surface area contributed by atoms with Crippen LogP contribution in [0.2, 0.25) is 0 Å². The monoisotopic (exact) mass is 325 g/mol. The zero-order chi connectivity index (χ0) is 16.0. The van der Waals surface area contributed by atoms with E-state index in [1.807, 2.05) is 37.3 Å². The van der Waals surface area contributed by atoms with Gasteiger partial charge in [-0.3, -0.25) is 4.79 Å². The Morgan fingerprint density at radius 2 is 2.05 bits per heavy atom. The van der Waals surface area contributed by atoms with Crippen molar-refractivity contribution in [3.05, 3.63) is 35.9 Å². The number of rotatable bonds is 6. The second-order valence-corrected chi connectivity index (χ2v) is 7.89. The molecule has 0 spiro atoms. The molecule has 0 aliphatic carbocycles. The molecule has 1 aromatic carbocycles. The van der Waals surface area contributed by atoms with Gasteiger partial charge in [-0.2, -0.15) is 0 Å². The van der Waals surface area contributed by atoms with E-state index in [9.17, 15) is 13.2 Å².